The van der Waals surface area contributed by atoms with Crippen LogP contribution in [0.5, 0.6) is 0 Å². The van der Waals surface area contributed by atoms with E-state index >= 15 is 0 Å². The predicted octanol–water partition coefficient (Wildman–Crippen LogP) is 1.68. The standard InChI is InChI=1S/C14H14N6/c1-3-17-10(2)12-5-4-11(8-18-12)20-9-19-13(6-15)14(20)7-16/h4-5,8-10,17H,3H2,1-2H3. The van der Waals surface area contributed by atoms with Crippen molar-refractivity contribution in [3.05, 3.63) is 41.7 Å². The van der Waals surface area contributed by atoms with Gasteiger partial charge >= 0.3 is 0 Å². The molecule has 0 saturated carbocycles. The Morgan fingerprint density at radius 1 is 1.30 bits per heavy atom. The van der Waals surface area contributed by atoms with Crippen molar-refractivity contribution in [2.45, 2.75) is 19.9 Å². The lowest BCUT2D eigenvalue weighted by molar-refractivity contribution is 0.583. The second kappa shape index (κ2) is 5.96. The van der Waals surface area contributed by atoms with Crippen molar-refractivity contribution in [2.75, 3.05) is 6.54 Å². The number of nitrogens with one attached hydrogen (secondary N) is 1. The van der Waals surface area contributed by atoms with E-state index < -0.39 is 0 Å². The van der Waals surface area contributed by atoms with Crippen molar-refractivity contribution in [3.63, 3.8) is 0 Å². The third-order valence-corrected chi connectivity index (χ3v) is 2.98. The summed E-state index contributed by atoms with van der Waals surface area (Å²) in [4.78, 5) is 8.29. The van der Waals surface area contributed by atoms with Crippen LogP contribution in [0.25, 0.3) is 5.69 Å². The van der Waals surface area contributed by atoms with E-state index in [2.05, 4.69) is 15.3 Å². The van der Waals surface area contributed by atoms with Crippen LogP contribution in [0, 0.1) is 22.7 Å². The average Bonchev–Trinajstić information content (AvgIpc) is 2.90. The van der Waals surface area contributed by atoms with Crippen LogP contribution in [0.3, 0.4) is 0 Å². The molecule has 2 heterocycles. The monoisotopic (exact) mass is 266 g/mol. The van der Waals surface area contributed by atoms with Gasteiger partial charge in [-0.25, -0.2) is 4.98 Å². The van der Waals surface area contributed by atoms with Gasteiger partial charge in [-0.2, -0.15) is 10.5 Å². The van der Waals surface area contributed by atoms with E-state index in [4.69, 9.17) is 10.5 Å². The molecule has 2 aromatic rings. The minimum atomic E-state index is 0.123. The summed E-state index contributed by atoms with van der Waals surface area (Å²) in [7, 11) is 0. The first-order valence-electron chi connectivity index (χ1n) is 6.28. The molecule has 0 spiro atoms. The second-order valence-electron chi connectivity index (χ2n) is 4.26. The van der Waals surface area contributed by atoms with E-state index in [1.54, 1.807) is 10.8 Å². The highest BCUT2D eigenvalue weighted by atomic mass is 15.1. The Hall–Kier alpha value is -2.70. The first-order valence-corrected chi connectivity index (χ1v) is 6.28. The van der Waals surface area contributed by atoms with E-state index in [1.165, 1.54) is 6.33 Å². The van der Waals surface area contributed by atoms with Crippen LogP contribution >= 0.6 is 0 Å². The summed E-state index contributed by atoms with van der Waals surface area (Å²) in [6.45, 7) is 4.95. The van der Waals surface area contributed by atoms with E-state index in [0.29, 0.717) is 5.69 Å². The largest absolute Gasteiger partial charge is 0.309 e. The molecule has 1 unspecified atom stereocenters. The normalized spacial score (nSPS) is 11.6. The fourth-order valence-corrected chi connectivity index (χ4v) is 1.94. The van der Waals surface area contributed by atoms with Gasteiger partial charge in [0.05, 0.1) is 17.6 Å². The zero-order valence-corrected chi connectivity index (χ0v) is 11.3. The Bertz CT molecular complexity index is 671. The number of hydrogen-bond donors (Lipinski definition) is 1. The zero-order chi connectivity index (χ0) is 14.5. The molecule has 1 N–H and O–H groups in total. The Morgan fingerprint density at radius 3 is 2.65 bits per heavy atom. The summed E-state index contributed by atoms with van der Waals surface area (Å²) in [5.41, 5.74) is 1.98. The van der Waals surface area contributed by atoms with E-state index in [9.17, 15) is 0 Å². The van der Waals surface area contributed by atoms with Gasteiger partial charge in [-0.1, -0.05) is 6.92 Å². The Morgan fingerprint density at radius 2 is 2.10 bits per heavy atom. The van der Waals surface area contributed by atoms with E-state index in [1.807, 2.05) is 38.1 Å². The topological polar surface area (TPSA) is 90.3 Å². The number of imidazole rings is 1. The van der Waals surface area contributed by atoms with Gasteiger partial charge in [0.25, 0.3) is 0 Å². The lowest BCUT2D eigenvalue weighted by Crippen LogP contribution is -2.18. The summed E-state index contributed by atoms with van der Waals surface area (Å²) in [5.74, 6) is 0. The second-order valence-corrected chi connectivity index (χ2v) is 4.26. The molecule has 0 radical (unpaired) electrons. The molecule has 0 aromatic carbocycles. The highest BCUT2D eigenvalue weighted by molar-refractivity contribution is 5.43. The highest BCUT2D eigenvalue weighted by Crippen LogP contribution is 2.15. The fourth-order valence-electron chi connectivity index (χ4n) is 1.94. The number of hydrogen-bond acceptors (Lipinski definition) is 5. The molecule has 2 aromatic heterocycles. The molecule has 0 fully saturated rings. The maximum absolute atomic E-state index is 9.10. The number of rotatable bonds is 4. The van der Waals surface area contributed by atoms with Crippen molar-refractivity contribution in [1.29, 1.82) is 10.5 Å². The maximum atomic E-state index is 9.10. The minimum absolute atomic E-state index is 0.123. The molecule has 0 aliphatic rings. The third-order valence-electron chi connectivity index (χ3n) is 2.98. The van der Waals surface area contributed by atoms with E-state index in [-0.39, 0.29) is 17.4 Å². The molecule has 100 valence electrons. The fraction of sp³-hybridized carbons (Fsp3) is 0.286. The Kier molecular flexibility index (Phi) is 4.09. The molecule has 0 bridgehead atoms. The molecular formula is C14H14N6. The Labute approximate surface area is 117 Å². The number of nitriles is 2. The lowest BCUT2D eigenvalue weighted by Gasteiger charge is -2.12. The van der Waals surface area contributed by atoms with Gasteiger partial charge in [-0.05, 0) is 25.6 Å². The summed E-state index contributed by atoms with van der Waals surface area (Å²) in [6, 6.07) is 7.82. The molecular weight excluding hydrogens is 252 g/mol. The zero-order valence-electron chi connectivity index (χ0n) is 11.3. The molecule has 0 aliphatic heterocycles. The van der Waals surface area contributed by atoms with Crippen molar-refractivity contribution in [2.24, 2.45) is 0 Å². The van der Waals surface area contributed by atoms with Gasteiger partial charge in [0.1, 0.15) is 18.5 Å². The Balaban J connectivity index is 2.34. The first kappa shape index (κ1) is 13.7. The van der Waals surface area contributed by atoms with Crippen LogP contribution < -0.4 is 5.32 Å². The summed E-state index contributed by atoms with van der Waals surface area (Å²) in [6.07, 6.45) is 3.13. The van der Waals surface area contributed by atoms with Crippen LogP contribution in [-0.4, -0.2) is 21.1 Å². The molecule has 0 amide bonds. The molecule has 20 heavy (non-hydrogen) atoms. The van der Waals surface area contributed by atoms with Crippen LogP contribution in [0.1, 0.15) is 37.0 Å². The van der Waals surface area contributed by atoms with Gasteiger partial charge in [0, 0.05) is 6.04 Å². The molecule has 0 aliphatic carbocycles. The summed E-state index contributed by atoms with van der Waals surface area (Å²) in [5, 5.41) is 21.3. The average molecular weight is 266 g/mol. The molecule has 2 rings (SSSR count). The SMILES string of the molecule is CCNC(C)c1ccc(-n2cnc(C#N)c2C#N)cn1. The highest BCUT2D eigenvalue weighted by Gasteiger charge is 2.12. The maximum Gasteiger partial charge on any atom is 0.177 e. The number of pyridine rings is 1. The quantitative estimate of drug-likeness (QED) is 0.909. The van der Waals surface area contributed by atoms with E-state index in [0.717, 1.165) is 12.2 Å². The predicted molar refractivity (Wildman–Crippen MR) is 72.9 cm³/mol. The summed E-state index contributed by atoms with van der Waals surface area (Å²) < 4.78 is 1.56. The number of nitrogens with zero attached hydrogens (tertiary/aromatic N) is 5. The van der Waals surface area contributed by atoms with Gasteiger partial charge in [0.2, 0.25) is 0 Å². The summed E-state index contributed by atoms with van der Waals surface area (Å²) >= 11 is 0. The van der Waals surface area contributed by atoms with Gasteiger partial charge in [-0.3, -0.25) is 9.55 Å². The minimum Gasteiger partial charge on any atom is -0.309 e. The smallest absolute Gasteiger partial charge is 0.177 e. The van der Waals surface area contributed by atoms with Crippen LogP contribution in [0.2, 0.25) is 0 Å². The molecule has 6 heteroatoms. The molecule has 1 atom stereocenters. The van der Waals surface area contributed by atoms with Crippen molar-refractivity contribution >= 4 is 0 Å². The van der Waals surface area contributed by atoms with Crippen molar-refractivity contribution in [1.82, 2.24) is 19.9 Å². The van der Waals surface area contributed by atoms with Gasteiger partial charge in [-0.15, -0.1) is 0 Å². The lowest BCUT2D eigenvalue weighted by atomic mass is 10.2. The van der Waals surface area contributed by atoms with Gasteiger partial charge in [0.15, 0.2) is 11.4 Å². The van der Waals surface area contributed by atoms with Crippen molar-refractivity contribution < 1.29 is 0 Å². The van der Waals surface area contributed by atoms with Crippen LogP contribution in [0.15, 0.2) is 24.7 Å². The molecule has 0 saturated heterocycles. The first-order chi connectivity index (χ1) is 9.71. The van der Waals surface area contributed by atoms with Gasteiger partial charge < -0.3 is 5.32 Å². The van der Waals surface area contributed by atoms with Crippen molar-refractivity contribution in [3.8, 4) is 17.8 Å². The van der Waals surface area contributed by atoms with Crippen LogP contribution in [-0.2, 0) is 0 Å². The third kappa shape index (κ3) is 2.51. The molecule has 6 nitrogen and oxygen atoms in total. The van der Waals surface area contributed by atoms with Crippen LogP contribution in [0.4, 0.5) is 0 Å². The number of aromatic nitrogens is 3.